The van der Waals surface area contributed by atoms with Gasteiger partial charge in [-0.1, -0.05) is 0 Å². The van der Waals surface area contributed by atoms with Gasteiger partial charge in [0.2, 0.25) is 0 Å². The van der Waals surface area contributed by atoms with E-state index in [1.165, 1.54) is 0 Å². The molecule has 2 aromatic heterocycles. The van der Waals surface area contributed by atoms with Gasteiger partial charge in [-0.25, -0.2) is 4.98 Å². The zero-order chi connectivity index (χ0) is 15.5. The van der Waals surface area contributed by atoms with Crippen molar-refractivity contribution in [2.45, 2.75) is 38.6 Å². The first-order valence-corrected chi connectivity index (χ1v) is 7.69. The Morgan fingerprint density at radius 1 is 1.27 bits per heavy atom. The Morgan fingerprint density at radius 3 is 2.64 bits per heavy atom. The van der Waals surface area contributed by atoms with E-state index < -0.39 is 0 Å². The molecule has 1 aliphatic rings. The number of piperidine rings is 1. The Balaban J connectivity index is 1.67. The average Bonchev–Trinajstić information content (AvgIpc) is 3.05. The Hall–Kier alpha value is -2.42. The first-order chi connectivity index (χ1) is 10.7. The van der Waals surface area contributed by atoms with Gasteiger partial charge in [0.1, 0.15) is 23.9 Å². The standard InChI is InChI=1S/C16H20N6/c1-12(2)22-11-19-20-16(22)13-5-7-21(8-6-13)15-4-3-14(9-17)18-10-15/h3-4,10-13H,5-8H2,1-2H3. The number of pyridine rings is 1. The minimum absolute atomic E-state index is 0.394. The van der Waals surface area contributed by atoms with Crippen molar-refractivity contribution < 1.29 is 0 Å². The summed E-state index contributed by atoms with van der Waals surface area (Å²) in [5.74, 6) is 1.57. The molecule has 6 heteroatoms. The van der Waals surface area contributed by atoms with Crippen LogP contribution in [0.3, 0.4) is 0 Å². The van der Waals surface area contributed by atoms with Gasteiger partial charge in [-0.05, 0) is 38.8 Å². The number of hydrogen-bond acceptors (Lipinski definition) is 5. The summed E-state index contributed by atoms with van der Waals surface area (Å²) >= 11 is 0. The summed E-state index contributed by atoms with van der Waals surface area (Å²) in [5, 5.41) is 17.2. The predicted molar refractivity (Wildman–Crippen MR) is 83.5 cm³/mol. The Labute approximate surface area is 130 Å². The molecule has 2 aromatic rings. The second kappa shape index (κ2) is 6.14. The lowest BCUT2D eigenvalue weighted by Crippen LogP contribution is -2.33. The molecule has 114 valence electrons. The predicted octanol–water partition coefficient (Wildman–Crippen LogP) is 2.51. The van der Waals surface area contributed by atoms with Crippen LogP contribution in [0.1, 0.15) is 50.2 Å². The molecular weight excluding hydrogens is 276 g/mol. The van der Waals surface area contributed by atoms with Gasteiger partial charge in [0, 0.05) is 25.0 Å². The van der Waals surface area contributed by atoms with Crippen molar-refractivity contribution in [3.05, 3.63) is 36.2 Å². The lowest BCUT2D eigenvalue weighted by molar-refractivity contribution is 0.449. The molecule has 0 amide bonds. The topological polar surface area (TPSA) is 70.6 Å². The molecule has 0 atom stereocenters. The summed E-state index contributed by atoms with van der Waals surface area (Å²) in [6, 6.07) is 6.20. The molecular formula is C16H20N6. The highest BCUT2D eigenvalue weighted by atomic mass is 15.3. The number of nitrogens with zero attached hydrogens (tertiary/aromatic N) is 6. The maximum atomic E-state index is 8.81. The van der Waals surface area contributed by atoms with Crippen LogP contribution in [0.15, 0.2) is 24.7 Å². The molecule has 1 fully saturated rings. The molecule has 0 N–H and O–H groups in total. The minimum Gasteiger partial charge on any atom is -0.370 e. The molecule has 6 nitrogen and oxygen atoms in total. The van der Waals surface area contributed by atoms with E-state index in [-0.39, 0.29) is 0 Å². The van der Waals surface area contributed by atoms with Crippen LogP contribution in [0.25, 0.3) is 0 Å². The monoisotopic (exact) mass is 296 g/mol. The number of nitriles is 1. The van der Waals surface area contributed by atoms with Crippen LogP contribution in [0.4, 0.5) is 5.69 Å². The number of anilines is 1. The molecule has 0 saturated carbocycles. The molecule has 3 rings (SSSR count). The maximum absolute atomic E-state index is 8.81. The highest BCUT2D eigenvalue weighted by Gasteiger charge is 2.25. The number of hydrogen-bond donors (Lipinski definition) is 0. The Kier molecular flexibility index (Phi) is 4.05. The summed E-state index contributed by atoms with van der Waals surface area (Å²) in [6.07, 6.45) is 5.74. The second-order valence-electron chi connectivity index (χ2n) is 5.96. The first kappa shape index (κ1) is 14.5. The van der Waals surface area contributed by atoms with Crippen LogP contribution in [0.2, 0.25) is 0 Å². The number of rotatable bonds is 3. The number of aromatic nitrogens is 4. The van der Waals surface area contributed by atoms with Crippen LogP contribution in [0, 0.1) is 11.3 Å². The molecule has 0 bridgehead atoms. The van der Waals surface area contributed by atoms with E-state index in [1.807, 2.05) is 12.4 Å². The summed E-state index contributed by atoms with van der Waals surface area (Å²) in [5.41, 5.74) is 1.55. The highest BCUT2D eigenvalue weighted by molar-refractivity contribution is 5.46. The molecule has 0 aromatic carbocycles. The summed E-state index contributed by atoms with van der Waals surface area (Å²) in [6.45, 7) is 6.27. The van der Waals surface area contributed by atoms with Crippen molar-refractivity contribution in [3.8, 4) is 6.07 Å². The molecule has 0 unspecified atom stereocenters. The van der Waals surface area contributed by atoms with E-state index in [1.54, 1.807) is 12.3 Å². The maximum Gasteiger partial charge on any atom is 0.140 e. The zero-order valence-electron chi connectivity index (χ0n) is 13.0. The van der Waals surface area contributed by atoms with Crippen molar-refractivity contribution >= 4 is 5.69 Å². The molecule has 1 aliphatic heterocycles. The summed E-state index contributed by atoms with van der Waals surface area (Å²) in [7, 11) is 0. The minimum atomic E-state index is 0.394. The van der Waals surface area contributed by atoms with E-state index in [9.17, 15) is 0 Å². The molecule has 3 heterocycles. The van der Waals surface area contributed by atoms with Crippen LogP contribution in [0.5, 0.6) is 0 Å². The third-order valence-electron chi connectivity index (χ3n) is 4.24. The lowest BCUT2D eigenvalue weighted by Gasteiger charge is -2.33. The Bertz CT molecular complexity index is 659. The van der Waals surface area contributed by atoms with E-state index in [0.29, 0.717) is 17.7 Å². The fraction of sp³-hybridized carbons (Fsp3) is 0.500. The second-order valence-corrected chi connectivity index (χ2v) is 5.96. The first-order valence-electron chi connectivity index (χ1n) is 7.69. The van der Waals surface area contributed by atoms with E-state index in [0.717, 1.165) is 37.4 Å². The van der Waals surface area contributed by atoms with E-state index in [4.69, 9.17) is 5.26 Å². The van der Waals surface area contributed by atoms with Crippen molar-refractivity contribution in [3.63, 3.8) is 0 Å². The fourth-order valence-electron chi connectivity index (χ4n) is 2.98. The van der Waals surface area contributed by atoms with Crippen LogP contribution in [-0.2, 0) is 0 Å². The quantitative estimate of drug-likeness (QED) is 0.870. The van der Waals surface area contributed by atoms with Gasteiger partial charge >= 0.3 is 0 Å². The van der Waals surface area contributed by atoms with Gasteiger partial charge in [-0.2, -0.15) is 5.26 Å². The summed E-state index contributed by atoms with van der Waals surface area (Å²) < 4.78 is 2.17. The lowest BCUT2D eigenvalue weighted by atomic mass is 9.95. The molecule has 0 radical (unpaired) electrons. The molecule has 0 aliphatic carbocycles. The van der Waals surface area contributed by atoms with Gasteiger partial charge in [0.05, 0.1) is 11.9 Å². The van der Waals surface area contributed by atoms with Crippen LogP contribution in [-0.4, -0.2) is 32.8 Å². The van der Waals surface area contributed by atoms with Gasteiger partial charge < -0.3 is 9.47 Å². The van der Waals surface area contributed by atoms with Gasteiger partial charge in [-0.3, -0.25) is 0 Å². The summed E-state index contributed by atoms with van der Waals surface area (Å²) in [4.78, 5) is 6.47. The van der Waals surface area contributed by atoms with Crippen molar-refractivity contribution in [2.75, 3.05) is 18.0 Å². The molecule has 1 saturated heterocycles. The third-order valence-corrected chi connectivity index (χ3v) is 4.24. The van der Waals surface area contributed by atoms with Crippen molar-refractivity contribution in [1.82, 2.24) is 19.7 Å². The van der Waals surface area contributed by atoms with Gasteiger partial charge in [0.15, 0.2) is 0 Å². The van der Waals surface area contributed by atoms with Gasteiger partial charge in [-0.15, -0.1) is 10.2 Å². The largest absolute Gasteiger partial charge is 0.370 e. The smallest absolute Gasteiger partial charge is 0.140 e. The molecule has 0 spiro atoms. The van der Waals surface area contributed by atoms with Crippen molar-refractivity contribution in [2.24, 2.45) is 0 Å². The van der Waals surface area contributed by atoms with Crippen LogP contribution < -0.4 is 4.90 Å². The average molecular weight is 296 g/mol. The molecule has 22 heavy (non-hydrogen) atoms. The SMILES string of the molecule is CC(C)n1cnnc1C1CCN(c2ccc(C#N)nc2)CC1. The van der Waals surface area contributed by atoms with Crippen LogP contribution >= 0.6 is 0 Å². The third kappa shape index (κ3) is 2.80. The van der Waals surface area contributed by atoms with Gasteiger partial charge in [0.25, 0.3) is 0 Å². The highest BCUT2D eigenvalue weighted by Crippen LogP contribution is 2.30. The zero-order valence-corrected chi connectivity index (χ0v) is 13.0. The van der Waals surface area contributed by atoms with Crippen molar-refractivity contribution in [1.29, 1.82) is 5.26 Å². The Morgan fingerprint density at radius 2 is 2.05 bits per heavy atom. The fourth-order valence-corrected chi connectivity index (χ4v) is 2.98. The van der Waals surface area contributed by atoms with E-state index in [2.05, 4.69) is 44.6 Å². The van der Waals surface area contributed by atoms with E-state index >= 15 is 0 Å². The normalized spacial score (nSPS) is 16.0.